The number of piperazine rings is 1. The maximum absolute atomic E-state index is 13.1. The Morgan fingerprint density at radius 1 is 1.24 bits per heavy atom. The zero-order chi connectivity index (χ0) is 17.8. The van der Waals surface area contributed by atoms with Crippen LogP contribution in [0.15, 0.2) is 34.7 Å². The van der Waals surface area contributed by atoms with E-state index in [1.807, 2.05) is 0 Å². The number of carbonyl (C=O) groups excluding carboxylic acids is 1. The number of furan rings is 1. The van der Waals surface area contributed by atoms with Gasteiger partial charge < -0.3 is 14.1 Å². The van der Waals surface area contributed by atoms with Crippen LogP contribution in [0.5, 0.6) is 0 Å². The Hall–Kier alpha value is -1.89. The van der Waals surface area contributed by atoms with Gasteiger partial charge in [-0.2, -0.15) is 0 Å². The maximum Gasteiger partial charge on any atom is 0.289 e. The Labute approximate surface area is 150 Å². The van der Waals surface area contributed by atoms with Gasteiger partial charge in [0.15, 0.2) is 5.76 Å². The first-order valence-electron chi connectivity index (χ1n) is 8.10. The highest BCUT2D eigenvalue weighted by molar-refractivity contribution is 6.31. The number of hydrogen-bond acceptors (Lipinski definition) is 4. The predicted octanol–water partition coefficient (Wildman–Crippen LogP) is 3.18. The van der Waals surface area contributed by atoms with E-state index in [4.69, 9.17) is 20.8 Å². The molecule has 0 radical (unpaired) electrons. The van der Waals surface area contributed by atoms with Gasteiger partial charge in [0.2, 0.25) is 0 Å². The fraction of sp³-hybridized carbons (Fsp3) is 0.389. The summed E-state index contributed by atoms with van der Waals surface area (Å²) < 4.78 is 23.6. The Balaban J connectivity index is 1.55. The van der Waals surface area contributed by atoms with Crippen LogP contribution in [0.25, 0.3) is 0 Å². The highest BCUT2D eigenvalue weighted by Gasteiger charge is 2.24. The summed E-state index contributed by atoms with van der Waals surface area (Å²) in [4.78, 5) is 16.5. The molecule has 1 fully saturated rings. The van der Waals surface area contributed by atoms with Crippen molar-refractivity contribution in [2.45, 2.75) is 13.2 Å². The lowest BCUT2D eigenvalue weighted by atomic mass is 10.2. The van der Waals surface area contributed by atoms with E-state index in [1.54, 1.807) is 30.2 Å². The minimum absolute atomic E-state index is 0.109. The van der Waals surface area contributed by atoms with E-state index in [0.717, 1.165) is 18.7 Å². The molecule has 25 heavy (non-hydrogen) atoms. The first-order valence-corrected chi connectivity index (χ1v) is 8.48. The maximum atomic E-state index is 13.1. The van der Waals surface area contributed by atoms with Crippen LogP contribution in [-0.2, 0) is 17.9 Å². The molecule has 1 aliphatic rings. The van der Waals surface area contributed by atoms with Crippen molar-refractivity contribution in [2.24, 2.45) is 0 Å². The zero-order valence-electron chi connectivity index (χ0n) is 14.0. The minimum Gasteiger partial charge on any atom is -0.453 e. The third-order valence-electron chi connectivity index (χ3n) is 4.23. The van der Waals surface area contributed by atoms with Crippen molar-refractivity contribution < 1.29 is 18.3 Å². The van der Waals surface area contributed by atoms with Gasteiger partial charge in [-0.15, -0.1) is 0 Å². The van der Waals surface area contributed by atoms with Gasteiger partial charge in [-0.25, -0.2) is 4.39 Å². The molecule has 0 N–H and O–H groups in total. The molecule has 1 amide bonds. The SMILES string of the molecule is COCc1ccc(C(=O)N2CCN(Cc3ccc(F)cc3Cl)CC2)o1. The van der Waals surface area contributed by atoms with Crippen LogP contribution in [0.1, 0.15) is 21.9 Å². The second-order valence-electron chi connectivity index (χ2n) is 6.00. The fourth-order valence-electron chi connectivity index (χ4n) is 2.87. The second kappa shape index (κ2) is 7.99. The number of halogens is 2. The van der Waals surface area contributed by atoms with E-state index in [-0.39, 0.29) is 11.7 Å². The molecule has 0 bridgehead atoms. The molecule has 1 aliphatic heterocycles. The van der Waals surface area contributed by atoms with E-state index < -0.39 is 0 Å². The molecular formula is C18H20ClFN2O3. The molecule has 0 saturated carbocycles. The van der Waals surface area contributed by atoms with Crippen LogP contribution in [-0.4, -0.2) is 49.0 Å². The van der Waals surface area contributed by atoms with Gasteiger partial charge in [-0.1, -0.05) is 17.7 Å². The van der Waals surface area contributed by atoms with Crippen molar-refractivity contribution in [2.75, 3.05) is 33.3 Å². The molecule has 7 heteroatoms. The monoisotopic (exact) mass is 366 g/mol. The van der Waals surface area contributed by atoms with Gasteiger partial charge in [0, 0.05) is 44.9 Å². The van der Waals surface area contributed by atoms with Gasteiger partial charge in [-0.05, 0) is 29.8 Å². The lowest BCUT2D eigenvalue weighted by Gasteiger charge is -2.34. The number of rotatable bonds is 5. The zero-order valence-corrected chi connectivity index (χ0v) is 14.8. The van der Waals surface area contributed by atoms with Crippen molar-refractivity contribution in [3.05, 3.63) is 58.3 Å². The molecular weight excluding hydrogens is 347 g/mol. The average molecular weight is 367 g/mol. The lowest BCUT2D eigenvalue weighted by molar-refractivity contribution is 0.0591. The van der Waals surface area contributed by atoms with Gasteiger partial charge >= 0.3 is 0 Å². The number of ether oxygens (including phenoxy) is 1. The van der Waals surface area contributed by atoms with Gasteiger partial charge in [-0.3, -0.25) is 9.69 Å². The van der Waals surface area contributed by atoms with E-state index in [0.29, 0.717) is 42.8 Å². The summed E-state index contributed by atoms with van der Waals surface area (Å²) in [5.74, 6) is 0.523. The molecule has 1 saturated heterocycles. The summed E-state index contributed by atoms with van der Waals surface area (Å²) in [7, 11) is 1.58. The second-order valence-corrected chi connectivity index (χ2v) is 6.41. The smallest absolute Gasteiger partial charge is 0.289 e. The molecule has 3 rings (SSSR count). The molecule has 5 nitrogen and oxygen atoms in total. The highest BCUT2D eigenvalue weighted by Crippen LogP contribution is 2.20. The van der Waals surface area contributed by atoms with Crippen molar-refractivity contribution >= 4 is 17.5 Å². The van der Waals surface area contributed by atoms with Crippen LogP contribution in [0.4, 0.5) is 4.39 Å². The molecule has 0 atom stereocenters. The van der Waals surface area contributed by atoms with E-state index in [9.17, 15) is 9.18 Å². The summed E-state index contributed by atoms with van der Waals surface area (Å²) >= 11 is 6.08. The van der Waals surface area contributed by atoms with E-state index in [1.165, 1.54) is 12.1 Å². The summed E-state index contributed by atoms with van der Waals surface area (Å²) in [5.41, 5.74) is 0.887. The van der Waals surface area contributed by atoms with Crippen molar-refractivity contribution in [3.63, 3.8) is 0 Å². The number of hydrogen-bond donors (Lipinski definition) is 0. The van der Waals surface area contributed by atoms with Gasteiger partial charge in [0.25, 0.3) is 5.91 Å². The third-order valence-corrected chi connectivity index (χ3v) is 4.58. The Morgan fingerprint density at radius 2 is 2.00 bits per heavy atom. The largest absolute Gasteiger partial charge is 0.453 e. The molecule has 1 aromatic heterocycles. The standard InChI is InChI=1S/C18H20ClFN2O3/c1-24-12-15-4-5-17(25-15)18(23)22-8-6-21(7-9-22)11-13-2-3-14(20)10-16(13)19/h2-5,10H,6-9,11-12H2,1H3. The fourth-order valence-corrected chi connectivity index (χ4v) is 3.10. The first-order chi connectivity index (χ1) is 12.1. The predicted molar refractivity (Wildman–Crippen MR) is 92.0 cm³/mol. The Kier molecular flexibility index (Phi) is 5.73. The molecule has 2 aromatic rings. The van der Waals surface area contributed by atoms with Crippen LogP contribution in [0.2, 0.25) is 5.02 Å². The average Bonchev–Trinajstić information content (AvgIpc) is 3.06. The van der Waals surface area contributed by atoms with E-state index >= 15 is 0 Å². The number of nitrogens with zero attached hydrogens (tertiary/aromatic N) is 2. The third kappa shape index (κ3) is 4.39. The number of carbonyl (C=O) groups is 1. The molecule has 0 spiro atoms. The summed E-state index contributed by atoms with van der Waals surface area (Å²) in [6, 6.07) is 7.88. The summed E-state index contributed by atoms with van der Waals surface area (Å²) in [6.45, 7) is 3.66. The number of methoxy groups -OCH3 is 1. The van der Waals surface area contributed by atoms with Crippen LogP contribution in [0, 0.1) is 5.82 Å². The van der Waals surface area contributed by atoms with Crippen LogP contribution in [0.3, 0.4) is 0 Å². The topological polar surface area (TPSA) is 45.9 Å². The van der Waals surface area contributed by atoms with Crippen molar-refractivity contribution in [1.82, 2.24) is 9.80 Å². The lowest BCUT2D eigenvalue weighted by Crippen LogP contribution is -2.48. The van der Waals surface area contributed by atoms with Crippen molar-refractivity contribution in [3.8, 4) is 0 Å². The van der Waals surface area contributed by atoms with Crippen LogP contribution >= 0.6 is 11.6 Å². The molecule has 1 aromatic carbocycles. The number of amides is 1. The summed E-state index contributed by atoms with van der Waals surface area (Å²) in [6.07, 6.45) is 0. The van der Waals surface area contributed by atoms with Gasteiger partial charge in [0.05, 0.1) is 0 Å². The number of benzene rings is 1. The quantitative estimate of drug-likeness (QED) is 0.815. The van der Waals surface area contributed by atoms with E-state index in [2.05, 4.69) is 4.90 Å². The molecule has 134 valence electrons. The molecule has 0 aliphatic carbocycles. The summed E-state index contributed by atoms with van der Waals surface area (Å²) in [5, 5.41) is 0.430. The van der Waals surface area contributed by atoms with Crippen LogP contribution < -0.4 is 0 Å². The Morgan fingerprint density at radius 3 is 2.68 bits per heavy atom. The minimum atomic E-state index is -0.338. The highest BCUT2D eigenvalue weighted by atomic mass is 35.5. The molecule has 2 heterocycles. The normalized spacial score (nSPS) is 15.6. The van der Waals surface area contributed by atoms with Crippen molar-refractivity contribution in [1.29, 1.82) is 0 Å². The first kappa shape index (κ1) is 17.9. The molecule has 0 unspecified atom stereocenters. The van der Waals surface area contributed by atoms with Gasteiger partial charge in [0.1, 0.15) is 18.2 Å². The Bertz CT molecular complexity index is 742.